The SMILES string of the molecule is COc1c(Br)cccc1C(O)CBr. The van der Waals surface area contributed by atoms with Gasteiger partial charge in [-0.05, 0) is 22.0 Å². The number of rotatable bonds is 3. The lowest BCUT2D eigenvalue weighted by Gasteiger charge is -2.13. The maximum atomic E-state index is 9.62. The molecule has 0 bridgehead atoms. The molecule has 1 rings (SSSR count). The average molecular weight is 310 g/mol. The van der Waals surface area contributed by atoms with Crippen LogP contribution >= 0.6 is 31.9 Å². The number of ether oxygens (including phenoxy) is 1. The second-order valence-corrected chi connectivity index (χ2v) is 4.03. The highest BCUT2D eigenvalue weighted by Gasteiger charge is 2.13. The number of para-hydroxylation sites is 1. The Hall–Kier alpha value is -0.0600. The molecule has 72 valence electrons. The molecule has 0 radical (unpaired) electrons. The number of aliphatic hydroxyl groups excluding tert-OH is 1. The minimum absolute atomic E-state index is 0.500. The Kier molecular flexibility index (Phi) is 4.22. The van der Waals surface area contributed by atoms with Crippen molar-refractivity contribution in [2.75, 3.05) is 12.4 Å². The van der Waals surface area contributed by atoms with Gasteiger partial charge in [0, 0.05) is 10.9 Å². The summed E-state index contributed by atoms with van der Waals surface area (Å²) in [6, 6.07) is 5.59. The van der Waals surface area contributed by atoms with Crippen molar-refractivity contribution < 1.29 is 9.84 Å². The normalized spacial score (nSPS) is 12.6. The van der Waals surface area contributed by atoms with E-state index in [1.165, 1.54) is 0 Å². The molecule has 1 atom stereocenters. The van der Waals surface area contributed by atoms with Crippen LogP contribution in [0, 0.1) is 0 Å². The van der Waals surface area contributed by atoms with E-state index in [1.54, 1.807) is 7.11 Å². The van der Waals surface area contributed by atoms with Gasteiger partial charge < -0.3 is 9.84 Å². The summed E-state index contributed by atoms with van der Waals surface area (Å²) >= 11 is 6.57. The van der Waals surface area contributed by atoms with Crippen LogP contribution in [0.5, 0.6) is 5.75 Å². The molecule has 0 saturated carbocycles. The highest BCUT2D eigenvalue weighted by Crippen LogP contribution is 2.33. The zero-order valence-electron chi connectivity index (χ0n) is 7.13. The van der Waals surface area contributed by atoms with Gasteiger partial charge in [-0.25, -0.2) is 0 Å². The van der Waals surface area contributed by atoms with Crippen molar-refractivity contribution in [2.45, 2.75) is 6.10 Å². The Labute approximate surface area is 94.2 Å². The third-order valence-corrected chi connectivity index (χ3v) is 2.94. The molecule has 0 amide bonds. The van der Waals surface area contributed by atoms with Crippen LogP contribution in [-0.2, 0) is 0 Å². The molecular formula is C9H10Br2O2. The standard InChI is InChI=1S/C9H10Br2O2/c1-13-9-6(8(12)5-10)3-2-4-7(9)11/h2-4,8,12H,5H2,1H3. The molecule has 1 N–H and O–H groups in total. The van der Waals surface area contributed by atoms with Crippen LogP contribution < -0.4 is 4.74 Å². The molecule has 13 heavy (non-hydrogen) atoms. The molecular weight excluding hydrogens is 300 g/mol. The summed E-state index contributed by atoms with van der Waals surface area (Å²) in [6.07, 6.45) is -0.535. The molecule has 0 aliphatic heterocycles. The molecule has 1 unspecified atom stereocenters. The maximum absolute atomic E-state index is 9.62. The highest BCUT2D eigenvalue weighted by molar-refractivity contribution is 9.10. The van der Waals surface area contributed by atoms with Crippen molar-refractivity contribution in [3.05, 3.63) is 28.2 Å². The summed E-state index contributed by atoms with van der Waals surface area (Å²) in [5, 5.41) is 10.1. The molecule has 2 nitrogen and oxygen atoms in total. The van der Waals surface area contributed by atoms with E-state index >= 15 is 0 Å². The van der Waals surface area contributed by atoms with Crippen LogP contribution in [0.2, 0.25) is 0 Å². The number of hydrogen-bond donors (Lipinski definition) is 1. The van der Waals surface area contributed by atoms with E-state index in [-0.39, 0.29) is 0 Å². The van der Waals surface area contributed by atoms with Crippen molar-refractivity contribution in [1.82, 2.24) is 0 Å². The number of alkyl halides is 1. The molecule has 0 spiro atoms. The van der Waals surface area contributed by atoms with Gasteiger partial charge in [-0.3, -0.25) is 0 Å². The summed E-state index contributed by atoms with van der Waals surface area (Å²) < 4.78 is 6.03. The zero-order valence-corrected chi connectivity index (χ0v) is 10.3. The Balaban J connectivity index is 3.12. The smallest absolute Gasteiger partial charge is 0.138 e. The summed E-state index contributed by atoms with van der Waals surface area (Å²) in [4.78, 5) is 0. The van der Waals surface area contributed by atoms with Crippen LogP contribution in [0.1, 0.15) is 11.7 Å². The van der Waals surface area contributed by atoms with E-state index < -0.39 is 6.10 Å². The second-order valence-electron chi connectivity index (χ2n) is 2.53. The Morgan fingerprint density at radius 3 is 2.77 bits per heavy atom. The molecule has 0 aliphatic rings. The highest BCUT2D eigenvalue weighted by atomic mass is 79.9. The first-order valence-corrected chi connectivity index (χ1v) is 5.68. The van der Waals surface area contributed by atoms with Gasteiger partial charge in [0.05, 0.1) is 17.7 Å². The lowest BCUT2D eigenvalue weighted by molar-refractivity contribution is 0.200. The van der Waals surface area contributed by atoms with Crippen LogP contribution in [0.4, 0.5) is 0 Å². The van der Waals surface area contributed by atoms with Crippen LogP contribution in [0.15, 0.2) is 22.7 Å². The molecule has 1 aromatic carbocycles. The number of benzene rings is 1. The van der Waals surface area contributed by atoms with E-state index in [9.17, 15) is 5.11 Å². The van der Waals surface area contributed by atoms with E-state index in [0.29, 0.717) is 11.1 Å². The topological polar surface area (TPSA) is 29.5 Å². The number of methoxy groups -OCH3 is 1. The lowest BCUT2D eigenvalue weighted by Crippen LogP contribution is -2.01. The van der Waals surface area contributed by atoms with E-state index in [4.69, 9.17) is 4.74 Å². The number of halogens is 2. The summed E-state index contributed by atoms with van der Waals surface area (Å²) in [6.45, 7) is 0. The van der Waals surface area contributed by atoms with Crippen molar-refractivity contribution in [1.29, 1.82) is 0 Å². The van der Waals surface area contributed by atoms with Crippen LogP contribution in [0.3, 0.4) is 0 Å². The first-order chi connectivity index (χ1) is 6.20. The fourth-order valence-corrected chi connectivity index (χ4v) is 1.98. The molecule has 0 heterocycles. The summed E-state index contributed by atoms with van der Waals surface area (Å²) in [5.41, 5.74) is 0.786. The summed E-state index contributed by atoms with van der Waals surface area (Å²) in [5.74, 6) is 0.689. The molecule has 1 aromatic rings. The maximum Gasteiger partial charge on any atom is 0.138 e. The van der Waals surface area contributed by atoms with Gasteiger partial charge in [-0.2, -0.15) is 0 Å². The predicted molar refractivity (Wildman–Crippen MR) is 59.4 cm³/mol. The van der Waals surface area contributed by atoms with Crippen LogP contribution in [0.25, 0.3) is 0 Å². The number of hydrogen-bond acceptors (Lipinski definition) is 2. The van der Waals surface area contributed by atoms with Crippen molar-refractivity contribution in [2.24, 2.45) is 0 Å². The monoisotopic (exact) mass is 308 g/mol. The van der Waals surface area contributed by atoms with Gasteiger partial charge in [-0.15, -0.1) is 0 Å². The van der Waals surface area contributed by atoms with Gasteiger partial charge in [0.25, 0.3) is 0 Å². The second kappa shape index (κ2) is 4.98. The predicted octanol–water partition coefficient (Wildman–Crippen LogP) is 2.89. The van der Waals surface area contributed by atoms with Gasteiger partial charge in [0.2, 0.25) is 0 Å². The minimum atomic E-state index is -0.535. The quantitative estimate of drug-likeness (QED) is 0.870. The van der Waals surface area contributed by atoms with Gasteiger partial charge in [-0.1, -0.05) is 28.1 Å². The van der Waals surface area contributed by atoms with Crippen molar-refractivity contribution in [3.8, 4) is 5.75 Å². The van der Waals surface area contributed by atoms with Crippen molar-refractivity contribution in [3.63, 3.8) is 0 Å². The Morgan fingerprint density at radius 2 is 2.23 bits per heavy atom. The number of aliphatic hydroxyl groups is 1. The third kappa shape index (κ3) is 2.45. The van der Waals surface area contributed by atoms with Crippen LogP contribution in [-0.4, -0.2) is 17.5 Å². The van der Waals surface area contributed by atoms with E-state index in [2.05, 4.69) is 31.9 Å². The van der Waals surface area contributed by atoms with E-state index in [1.807, 2.05) is 18.2 Å². The molecule has 0 fully saturated rings. The molecule has 4 heteroatoms. The van der Waals surface area contributed by atoms with Gasteiger partial charge in [0.15, 0.2) is 0 Å². The Morgan fingerprint density at radius 1 is 1.54 bits per heavy atom. The lowest BCUT2D eigenvalue weighted by atomic mass is 10.1. The van der Waals surface area contributed by atoms with Gasteiger partial charge in [0.1, 0.15) is 5.75 Å². The first kappa shape index (κ1) is 11.0. The summed E-state index contributed by atoms with van der Waals surface area (Å²) in [7, 11) is 1.59. The fourth-order valence-electron chi connectivity index (χ4n) is 1.09. The fraction of sp³-hybridized carbons (Fsp3) is 0.333. The van der Waals surface area contributed by atoms with E-state index in [0.717, 1.165) is 10.0 Å². The Bertz CT molecular complexity index is 289. The third-order valence-electron chi connectivity index (χ3n) is 1.71. The molecule has 0 aliphatic carbocycles. The zero-order chi connectivity index (χ0) is 9.84. The molecule has 0 aromatic heterocycles. The molecule has 0 saturated heterocycles. The largest absolute Gasteiger partial charge is 0.495 e. The average Bonchev–Trinajstić information content (AvgIpc) is 2.16. The van der Waals surface area contributed by atoms with Crippen molar-refractivity contribution >= 4 is 31.9 Å². The first-order valence-electron chi connectivity index (χ1n) is 3.77. The van der Waals surface area contributed by atoms with Gasteiger partial charge >= 0.3 is 0 Å². The minimum Gasteiger partial charge on any atom is -0.495 e.